The van der Waals surface area contributed by atoms with Crippen LogP contribution in [0, 0.1) is 0 Å². The Balaban J connectivity index is 2.76. The molecule has 1 heterocycles. The first-order valence-electron chi connectivity index (χ1n) is 5.14. The van der Waals surface area contributed by atoms with E-state index in [1.807, 2.05) is 0 Å². The molecule has 1 fully saturated rings. The Morgan fingerprint density at radius 3 is 2.53 bits per heavy atom. The zero-order valence-corrected chi connectivity index (χ0v) is 8.73. The third-order valence-corrected chi connectivity index (χ3v) is 2.61. The number of likely N-dealkylation sites (tertiary alicyclic amines) is 1. The number of carbonyl (C=O) groups excluding carboxylic acids is 2. The topological polar surface area (TPSA) is 74.7 Å². The number of Topliss-reactive ketones (excluding diaryl/α,β-unsaturated/α-hetero) is 1. The summed E-state index contributed by atoms with van der Waals surface area (Å²) < 4.78 is 0. The molecule has 5 nitrogen and oxygen atoms in total. The van der Waals surface area contributed by atoms with Gasteiger partial charge < -0.3 is 10.0 Å². The third-order valence-electron chi connectivity index (χ3n) is 2.61. The monoisotopic (exact) mass is 213 g/mol. The van der Waals surface area contributed by atoms with Crippen molar-refractivity contribution in [1.82, 2.24) is 4.90 Å². The molecule has 1 atom stereocenters. The van der Waals surface area contributed by atoms with Crippen molar-refractivity contribution in [2.24, 2.45) is 0 Å². The van der Waals surface area contributed by atoms with Crippen LogP contribution in [0.3, 0.4) is 0 Å². The first-order valence-corrected chi connectivity index (χ1v) is 5.14. The van der Waals surface area contributed by atoms with Gasteiger partial charge in [0.1, 0.15) is 6.04 Å². The average molecular weight is 213 g/mol. The molecule has 0 saturated carbocycles. The van der Waals surface area contributed by atoms with E-state index in [0.29, 0.717) is 13.0 Å². The van der Waals surface area contributed by atoms with Crippen molar-refractivity contribution < 1.29 is 19.5 Å². The van der Waals surface area contributed by atoms with Crippen molar-refractivity contribution in [2.45, 2.75) is 38.6 Å². The fraction of sp³-hybridized carbons (Fsp3) is 0.700. The van der Waals surface area contributed by atoms with E-state index in [0.717, 1.165) is 12.8 Å². The molecular formula is C10H15NO4. The molecule has 0 aliphatic carbocycles. The van der Waals surface area contributed by atoms with Gasteiger partial charge in [-0.2, -0.15) is 0 Å². The molecule has 1 aliphatic heterocycles. The van der Waals surface area contributed by atoms with Crippen LogP contribution >= 0.6 is 0 Å². The number of carbonyl (C=O) groups is 3. The van der Waals surface area contributed by atoms with Crippen LogP contribution in [0.4, 0.5) is 0 Å². The van der Waals surface area contributed by atoms with Gasteiger partial charge in [-0.15, -0.1) is 0 Å². The molecule has 0 spiro atoms. The number of nitrogens with zero attached hydrogens (tertiary/aromatic N) is 1. The summed E-state index contributed by atoms with van der Waals surface area (Å²) in [5.74, 6) is -2.18. The normalized spacial score (nSPS) is 21.1. The Labute approximate surface area is 88.1 Å². The number of amides is 1. The summed E-state index contributed by atoms with van der Waals surface area (Å²) in [6.07, 6.45) is 2.13. The van der Waals surface area contributed by atoms with E-state index in [1.54, 1.807) is 6.92 Å². The molecule has 84 valence electrons. The predicted octanol–water partition coefficient (Wildman–Crippen LogP) is 0.431. The van der Waals surface area contributed by atoms with Crippen molar-refractivity contribution in [1.29, 1.82) is 0 Å². The summed E-state index contributed by atoms with van der Waals surface area (Å²) in [5, 5.41) is 8.91. The molecule has 1 N–H and O–H groups in total. The van der Waals surface area contributed by atoms with Gasteiger partial charge in [0.25, 0.3) is 5.91 Å². The molecule has 1 saturated heterocycles. The molecular weight excluding hydrogens is 198 g/mol. The van der Waals surface area contributed by atoms with Gasteiger partial charge in [-0.1, -0.05) is 6.92 Å². The SMILES string of the molecule is CCC(=O)C(=O)N1CCCCC1C(=O)O. The standard InChI is InChI=1S/C10H15NO4/c1-2-8(12)9(13)11-6-4-3-5-7(11)10(14)15/h7H,2-6H2,1H3,(H,14,15). The van der Waals surface area contributed by atoms with Gasteiger partial charge in [0.15, 0.2) is 0 Å². The third kappa shape index (κ3) is 2.55. The number of piperidine rings is 1. The van der Waals surface area contributed by atoms with Crippen molar-refractivity contribution in [2.75, 3.05) is 6.54 Å². The number of aliphatic carboxylic acids is 1. The summed E-state index contributed by atoms with van der Waals surface area (Å²) in [6, 6.07) is -0.818. The summed E-state index contributed by atoms with van der Waals surface area (Å²) in [5.41, 5.74) is 0. The summed E-state index contributed by atoms with van der Waals surface area (Å²) in [7, 11) is 0. The Morgan fingerprint density at radius 2 is 2.00 bits per heavy atom. The molecule has 1 rings (SSSR count). The van der Waals surface area contributed by atoms with Gasteiger partial charge in [0, 0.05) is 13.0 Å². The maximum absolute atomic E-state index is 11.6. The molecule has 1 aliphatic rings. The summed E-state index contributed by atoms with van der Waals surface area (Å²) in [4.78, 5) is 34.8. The quantitative estimate of drug-likeness (QED) is 0.690. The van der Waals surface area contributed by atoms with Crippen molar-refractivity contribution in [3.63, 3.8) is 0 Å². The smallest absolute Gasteiger partial charge is 0.326 e. The maximum atomic E-state index is 11.6. The first kappa shape index (κ1) is 11.7. The van der Waals surface area contributed by atoms with E-state index in [-0.39, 0.29) is 6.42 Å². The van der Waals surface area contributed by atoms with Crippen molar-refractivity contribution >= 4 is 17.7 Å². The molecule has 0 aromatic rings. The number of carboxylic acids is 1. The average Bonchev–Trinajstić information content (AvgIpc) is 2.27. The van der Waals surface area contributed by atoms with Gasteiger partial charge >= 0.3 is 5.97 Å². The van der Waals surface area contributed by atoms with Crippen molar-refractivity contribution in [3.05, 3.63) is 0 Å². The van der Waals surface area contributed by atoms with Crippen LogP contribution in [-0.4, -0.2) is 40.3 Å². The van der Waals surface area contributed by atoms with E-state index in [4.69, 9.17) is 5.11 Å². The van der Waals surface area contributed by atoms with Crippen LogP contribution in [0.15, 0.2) is 0 Å². The fourth-order valence-electron chi connectivity index (χ4n) is 1.74. The second-order valence-corrected chi connectivity index (χ2v) is 3.63. The molecule has 0 aromatic carbocycles. The van der Waals surface area contributed by atoms with Gasteiger partial charge in [-0.25, -0.2) is 4.79 Å². The highest BCUT2D eigenvalue weighted by Gasteiger charge is 2.33. The van der Waals surface area contributed by atoms with Crippen LogP contribution in [0.25, 0.3) is 0 Å². The zero-order chi connectivity index (χ0) is 11.4. The molecule has 0 radical (unpaired) electrons. The van der Waals surface area contributed by atoms with E-state index in [9.17, 15) is 14.4 Å². The van der Waals surface area contributed by atoms with E-state index < -0.39 is 23.7 Å². The summed E-state index contributed by atoms with van der Waals surface area (Å²) in [6.45, 7) is 1.97. The Bertz CT molecular complexity index is 287. The highest BCUT2D eigenvalue weighted by atomic mass is 16.4. The lowest BCUT2D eigenvalue weighted by molar-refractivity contribution is -0.155. The first-order chi connectivity index (χ1) is 7.07. The molecule has 0 bridgehead atoms. The van der Waals surface area contributed by atoms with Gasteiger partial charge in [0.05, 0.1) is 0 Å². The second-order valence-electron chi connectivity index (χ2n) is 3.63. The maximum Gasteiger partial charge on any atom is 0.326 e. The Morgan fingerprint density at radius 1 is 1.33 bits per heavy atom. The second kappa shape index (κ2) is 4.91. The number of hydrogen-bond donors (Lipinski definition) is 1. The van der Waals surface area contributed by atoms with E-state index in [2.05, 4.69) is 0 Å². The zero-order valence-electron chi connectivity index (χ0n) is 8.73. The predicted molar refractivity (Wildman–Crippen MR) is 52.3 cm³/mol. The minimum absolute atomic E-state index is 0.127. The van der Waals surface area contributed by atoms with Crippen molar-refractivity contribution in [3.8, 4) is 0 Å². The van der Waals surface area contributed by atoms with Gasteiger partial charge in [-0.3, -0.25) is 9.59 Å². The van der Waals surface area contributed by atoms with Crippen LogP contribution in [-0.2, 0) is 14.4 Å². The summed E-state index contributed by atoms with van der Waals surface area (Å²) >= 11 is 0. The van der Waals surface area contributed by atoms with Gasteiger partial charge in [-0.05, 0) is 19.3 Å². The lowest BCUT2D eigenvalue weighted by Crippen LogP contribution is -2.50. The van der Waals surface area contributed by atoms with Crippen LogP contribution in [0.5, 0.6) is 0 Å². The number of hydrogen-bond acceptors (Lipinski definition) is 3. The van der Waals surface area contributed by atoms with Gasteiger partial charge in [0.2, 0.25) is 5.78 Å². The number of rotatable bonds is 3. The lowest BCUT2D eigenvalue weighted by Gasteiger charge is -2.32. The van der Waals surface area contributed by atoms with Crippen LogP contribution in [0.1, 0.15) is 32.6 Å². The van der Waals surface area contributed by atoms with E-state index >= 15 is 0 Å². The van der Waals surface area contributed by atoms with Crippen LogP contribution < -0.4 is 0 Å². The minimum atomic E-state index is -1.02. The number of ketones is 1. The number of carboxylic acid groups (broad SMARTS) is 1. The highest BCUT2D eigenvalue weighted by molar-refractivity contribution is 6.36. The minimum Gasteiger partial charge on any atom is -0.480 e. The van der Waals surface area contributed by atoms with E-state index in [1.165, 1.54) is 4.90 Å². The molecule has 1 unspecified atom stereocenters. The Hall–Kier alpha value is -1.39. The Kier molecular flexibility index (Phi) is 3.82. The molecule has 1 amide bonds. The van der Waals surface area contributed by atoms with Crippen LogP contribution in [0.2, 0.25) is 0 Å². The lowest BCUT2D eigenvalue weighted by atomic mass is 10.0. The largest absolute Gasteiger partial charge is 0.480 e. The molecule has 15 heavy (non-hydrogen) atoms. The highest BCUT2D eigenvalue weighted by Crippen LogP contribution is 2.17. The molecule has 0 aromatic heterocycles. The molecule has 5 heteroatoms. The fourth-order valence-corrected chi connectivity index (χ4v) is 1.74.